The maximum absolute atomic E-state index is 11.2. The van der Waals surface area contributed by atoms with Crippen LogP contribution in [-0.4, -0.2) is 44.5 Å². The Hall–Kier alpha value is -2.18. The first-order valence-electron chi connectivity index (χ1n) is 5.72. The lowest BCUT2D eigenvalue weighted by molar-refractivity contribution is 0.0822. The quantitative estimate of drug-likeness (QED) is 0.417. The van der Waals surface area contributed by atoms with Crippen LogP contribution >= 0.6 is 0 Å². The summed E-state index contributed by atoms with van der Waals surface area (Å²) >= 11 is 0. The van der Waals surface area contributed by atoms with Crippen LogP contribution in [0.2, 0.25) is 0 Å². The summed E-state index contributed by atoms with van der Waals surface area (Å²) in [6.07, 6.45) is 2.21. The molecule has 0 unspecified atom stereocenters. The number of carbonyl (C=O) groups is 2. The molecule has 0 heterocycles. The van der Waals surface area contributed by atoms with Gasteiger partial charge in [-0.3, -0.25) is 0 Å². The van der Waals surface area contributed by atoms with E-state index in [9.17, 15) is 9.59 Å². The first-order valence-corrected chi connectivity index (χ1v) is 5.72. The molecule has 0 radical (unpaired) electrons. The predicted octanol–water partition coefficient (Wildman–Crippen LogP) is 2.25. The molecule has 7 nitrogen and oxygen atoms in total. The Balaban J connectivity index is 4.48. The molecule has 0 bridgehead atoms. The van der Waals surface area contributed by atoms with E-state index < -0.39 is 12.3 Å². The highest BCUT2D eigenvalue weighted by atomic mass is 16.7. The van der Waals surface area contributed by atoms with E-state index in [0.717, 1.165) is 6.26 Å². The van der Waals surface area contributed by atoms with Crippen LogP contribution in [0.15, 0.2) is 24.3 Å². The SMILES string of the molecule is CCOC(=O)OC=CC(=CN(C)C)OC(=O)OCC. The molecule has 0 aromatic heterocycles. The Morgan fingerprint density at radius 3 is 2.16 bits per heavy atom. The third-order valence-corrected chi connectivity index (χ3v) is 1.51. The summed E-state index contributed by atoms with van der Waals surface area (Å²) in [5, 5.41) is 0. The van der Waals surface area contributed by atoms with Crippen molar-refractivity contribution in [2.45, 2.75) is 13.8 Å². The van der Waals surface area contributed by atoms with E-state index >= 15 is 0 Å². The molecule has 0 spiro atoms. The third-order valence-electron chi connectivity index (χ3n) is 1.51. The Morgan fingerprint density at radius 2 is 1.63 bits per heavy atom. The summed E-state index contributed by atoms with van der Waals surface area (Å²) in [4.78, 5) is 23.7. The van der Waals surface area contributed by atoms with E-state index in [0.29, 0.717) is 0 Å². The highest BCUT2D eigenvalue weighted by Crippen LogP contribution is 2.04. The van der Waals surface area contributed by atoms with Crippen molar-refractivity contribution in [1.82, 2.24) is 4.90 Å². The molecule has 0 saturated carbocycles. The Morgan fingerprint density at radius 1 is 1.05 bits per heavy atom. The fourth-order valence-electron chi connectivity index (χ4n) is 0.910. The number of hydrogen-bond acceptors (Lipinski definition) is 7. The monoisotopic (exact) mass is 273 g/mol. The molecule has 0 aromatic rings. The van der Waals surface area contributed by atoms with Crippen molar-refractivity contribution in [1.29, 1.82) is 0 Å². The standard InChI is InChI=1S/C12H19NO6/c1-5-16-11(14)18-8-7-10(9-13(3)4)19-12(15)17-6-2/h7-9H,5-6H2,1-4H3. The lowest BCUT2D eigenvalue weighted by Crippen LogP contribution is -2.10. The van der Waals surface area contributed by atoms with Gasteiger partial charge in [-0.05, 0) is 13.8 Å². The number of ether oxygens (including phenoxy) is 4. The predicted molar refractivity (Wildman–Crippen MR) is 67.1 cm³/mol. The first kappa shape index (κ1) is 16.8. The normalized spacial score (nSPS) is 11.1. The van der Waals surface area contributed by atoms with Gasteiger partial charge in [0, 0.05) is 26.4 Å². The number of rotatable bonds is 6. The topological polar surface area (TPSA) is 74.3 Å². The molecule has 0 aliphatic heterocycles. The minimum atomic E-state index is -0.837. The Bertz CT molecular complexity index is 348. The smallest absolute Gasteiger partial charge is 0.434 e. The molecule has 0 saturated heterocycles. The van der Waals surface area contributed by atoms with Crippen LogP contribution in [0.25, 0.3) is 0 Å². The van der Waals surface area contributed by atoms with Crippen molar-refractivity contribution in [3.8, 4) is 0 Å². The fourth-order valence-corrected chi connectivity index (χ4v) is 0.910. The largest absolute Gasteiger partial charge is 0.513 e. The summed E-state index contributed by atoms with van der Waals surface area (Å²) in [6.45, 7) is 3.74. The van der Waals surface area contributed by atoms with Crippen molar-refractivity contribution in [2.24, 2.45) is 0 Å². The first-order chi connectivity index (χ1) is 8.99. The van der Waals surface area contributed by atoms with Gasteiger partial charge < -0.3 is 23.8 Å². The molecule has 0 atom stereocenters. The molecule has 0 aliphatic rings. The zero-order valence-corrected chi connectivity index (χ0v) is 11.5. The molecular formula is C12H19NO6. The fraction of sp³-hybridized carbons (Fsp3) is 0.500. The Kier molecular flexibility index (Phi) is 8.68. The second-order valence-electron chi connectivity index (χ2n) is 3.38. The molecule has 0 N–H and O–H groups in total. The summed E-state index contributed by atoms with van der Waals surface area (Å²) < 4.78 is 18.7. The van der Waals surface area contributed by atoms with E-state index in [1.54, 1.807) is 32.8 Å². The number of carbonyl (C=O) groups excluding carboxylic acids is 2. The summed E-state index contributed by atoms with van der Waals surface area (Å²) in [7, 11) is 3.49. The van der Waals surface area contributed by atoms with Crippen LogP contribution in [0.1, 0.15) is 13.8 Å². The highest BCUT2D eigenvalue weighted by molar-refractivity contribution is 5.62. The van der Waals surface area contributed by atoms with Gasteiger partial charge in [0.2, 0.25) is 0 Å². The van der Waals surface area contributed by atoms with Crippen molar-refractivity contribution in [3.05, 3.63) is 24.3 Å². The maximum atomic E-state index is 11.2. The van der Waals surface area contributed by atoms with Gasteiger partial charge in [-0.15, -0.1) is 0 Å². The average molecular weight is 273 g/mol. The van der Waals surface area contributed by atoms with Crippen molar-refractivity contribution >= 4 is 12.3 Å². The van der Waals surface area contributed by atoms with Gasteiger partial charge in [0.05, 0.1) is 13.2 Å². The zero-order valence-electron chi connectivity index (χ0n) is 11.5. The molecule has 19 heavy (non-hydrogen) atoms. The van der Waals surface area contributed by atoms with Crippen molar-refractivity contribution in [2.75, 3.05) is 27.3 Å². The third kappa shape index (κ3) is 9.51. The van der Waals surface area contributed by atoms with Crippen molar-refractivity contribution < 1.29 is 28.5 Å². The van der Waals surface area contributed by atoms with Gasteiger partial charge in [0.1, 0.15) is 6.26 Å². The number of allylic oxidation sites excluding steroid dienone is 1. The highest BCUT2D eigenvalue weighted by Gasteiger charge is 2.06. The van der Waals surface area contributed by atoms with Crippen LogP contribution in [0, 0.1) is 0 Å². The van der Waals surface area contributed by atoms with E-state index in [1.807, 2.05) is 0 Å². The molecular weight excluding hydrogens is 254 g/mol. The van der Waals surface area contributed by atoms with Gasteiger partial charge in [-0.2, -0.15) is 0 Å². The number of hydrogen-bond donors (Lipinski definition) is 0. The van der Waals surface area contributed by atoms with Gasteiger partial charge in [0.25, 0.3) is 0 Å². The van der Waals surface area contributed by atoms with Gasteiger partial charge >= 0.3 is 12.3 Å². The lowest BCUT2D eigenvalue weighted by atomic mass is 10.5. The van der Waals surface area contributed by atoms with E-state index in [1.165, 1.54) is 12.3 Å². The summed E-state index contributed by atoms with van der Waals surface area (Å²) in [5.41, 5.74) is 0. The van der Waals surface area contributed by atoms with Crippen LogP contribution in [0.5, 0.6) is 0 Å². The molecule has 0 fully saturated rings. The van der Waals surface area contributed by atoms with Crippen LogP contribution < -0.4 is 0 Å². The molecule has 0 amide bonds. The summed E-state index contributed by atoms with van der Waals surface area (Å²) in [5.74, 6) is 0.160. The van der Waals surface area contributed by atoms with Crippen LogP contribution in [-0.2, 0) is 18.9 Å². The molecule has 0 aromatic carbocycles. The van der Waals surface area contributed by atoms with Gasteiger partial charge in [0.15, 0.2) is 5.76 Å². The zero-order chi connectivity index (χ0) is 14.7. The second kappa shape index (κ2) is 9.81. The van der Waals surface area contributed by atoms with Gasteiger partial charge in [-0.25, -0.2) is 9.59 Å². The lowest BCUT2D eigenvalue weighted by Gasteiger charge is -2.09. The van der Waals surface area contributed by atoms with Crippen LogP contribution in [0.3, 0.4) is 0 Å². The van der Waals surface area contributed by atoms with Crippen molar-refractivity contribution in [3.63, 3.8) is 0 Å². The minimum Gasteiger partial charge on any atom is -0.434 e. The molecule has 0 aliphatic carbocycles. The van der Waals surface area contributed by atoms with Gasteiger partial charge in [-0.1, -0.05) is 0 Å². The van der Waals surface area contributed by atoms with Crippen LogP contribution in [0.4, 0.5) is 9.59 Å². The number of nitrogens with zero attached hydrogens (tertiary/aromatic N) is 1. The molecule has 0 rings (SSSR count). The molecule has 7 heteroatoms. The van der Waals surface area contributed by atoms with E-state index in [-0.39, 0.29) is 19.0 Å². The molecule has 108 valence electrons. The minimum absolute atomic E-state index is 0.160. The van der Waals surface area contributed by atoms with E-state index in [4.69, 9.17) is 4.74 Å². The maximum Gasteiger partial charge on any atom is 0.513 e. The second-order valence-corrected chi connectivity index (χ2v) is 3.38. The summed E-state index contributed by atoms with van der Waals surface area (Å²) in [6, 6.07) is 0. The van der Waals surface area contributed by atoms with E-state index in [2.05, 4.69) is 14.2 Å². The Labute approximate surface area is 112 Å². The average Bonchev–Trinajstić information content (AvgIpc) is 2.28.